The third kappa shape index (κ3) is 2.82. The van der Waals surface area contributed by atoms with E-state index in [1.165, 1.54) is 0 Å². The van der Waals surface area contributed by atoms with Crippen molar-refractivity contribution in [1.82, 2.24) is 0 Å². The Hall–Kier alpha value is -1.88. The molecule has 0 radical (unpaired) electrons. The van der Waals surface area contributed by atoms with Gasteiger partial charge in [-0.05, 0) is 30.9 Å². The molecule has 0 aromatic heterocycles. The van der Waals surface area contributed by atoms with E-state index in [4.69, 9.17) is 10.5 Å². The SMILES string of the molecule is CCOC(=O)C(N)C(=O)N1CC(C)Cc2ccccc21. The summed E-state index contributed by atoms with van der Waals surface area (Å²) in [5.74, 6) is -0.737. The number of carbonyl (C=O) groups excluding carboxylic acids is 2. The average molecular weight is 276 g/mol. The summed E-state index contributed by atoms with van der Waals surface area (Å²) in [4.78, 5) is 25.7. The second kappa shape index (κ2) is 6.05. The number of carbonyl (C=O) groups is 2. The second-order valence-electron chi connectivity index (χ2n) is 5.12. The summed E-state index contributed by atoms with van der Waals surface area (Å²) in [6.07, 6.45) is 0.925. The van der Waals surface area contributed by atoms with Crippen molar-refractivity contribution in [3.63, 3.8) is 0 Å². The van der Waals surface area contributed by atoms with Gasteiger partial charge in [0.15, 0.2) is 6.04 Å². The number of anilines is 1. The van der Waals surface area contributed by atoms with Crippen LogP contribution in [0.1, 0.15) is 19.4 Å². The van der Waals surface area contributed by atoms with Gasteiger partial charge in [0.2, 0.25) is 0 Å². The third-order valence-electron chi connectivity index (χ3n) is 3.42. The Morgan fingerprint density at radius 2 is 2.15 bits per heavy atom. The Kier molecular flexibility index (Phi) is 4.39. The monoisotopic (exact) mass is 276 g/mol. The average Bonchev–Trinajstić information content (AvgIpc) is 2.45. The molecule has 20 heavy (non-hydrogen) atoms. The highest BCUT2D eigenvalue weighted by molar-refractivity contribution is 6.09. The summed E-state index contributed by atoms with van der Waals surface area (Å²) >= 11 is 0. The predicted octanol–water partition coefficient (Wildman–Crippen LogP) is 1.10. The molecule has 0 saturated carbocycles. The van der Waals surface area contributed by atoms with E-state index in [1.54, 1.807) is 11.8 Å². The van der Waals surface area contributed by atoms with E-state index in [9.17, 15) is 9.59 Å². The molecule has 2 unspecified atom stereocenters. The van der Waals surface area contributed by atoms with Crippen molar-refractivity contribution in [3.05, 3.63) is 29.8 Å². The van der Waals surface area contributed by atoms with Crippen molar-refractivity contribution in [2.45, 2.75) is 26.3 Å². The largest absolute Gasteiger partial charge is 0.464 e. The molecule has 1 aliphatic rings. The molecule has 0 spiro atoms. The van der Waals surface area contributed by atoms with E-state index < -0.39 is 17.9 Å². The van der Waals surface area contributed by atoms with Crippen LogP contribution in [0.2, 0.25) is 0 Å². The number of benzene rings is 1. The van der Waals surface area contributed by atoms with E-state index >= 15 is 0 Å². The number of rotatable bonds is 3. The summed E-state index contributed by atoms with van der Waals surface area (Å²) in [6.45, 7) is 4.55. The number of ether oxygens (including phenoxy) is 1. The molecule has 0 saturated heterocycles. The number of para-hydroxylation sites is 1. The minimum absolute atomic E-state index is 0.215. The summed E-state index contributed by atoms with van der Waals surface area (Å²) in [7, 11) is 0. The Morgan fingerprint density at radius 3 is 2.85 bits per heavy atom. The van der Waals surface area contributed by atoms with Gasteiger partial charge in [-0.2, -0.15) is 0 Å². The van der Waals surface area contributed by atoms with Crippen molar-refractivity contribution in [2.24, 2.45) is 11.7 Å². The first-order valence-electron chi connectivity index (χ1n) is 6.86. The number of fused-ring (bicyclic) bond motifs is 1. The highest BCUT2D eigenvalue weighted by Gasteiger charge is 2.33. The maximum absolute atomic E-state index is 12.4. The smallest absolute Gasteiger partial charge is 0.332 e. The van der Waals surface area contributed by atoms with Gasteiger partial charge in [0.1, 0.15) is 0 Å². The van der Waals surface area contributed by atoms with E-state index in [2.05, 4.69) is 6.92 Å². The molecule has 1 aliphatic heterocycles. The highest BCUT2D eigenvalue weighted by Crippen LogP contribution is 2.29. The lowest BCUT2D eigenvalue weighted by Gasteiger charge is -2.34. The molecule has 0 bridgehead atoms. The van der Waals surface area contributed by atoms with E-state index in [1.807, 2.05) is 24.3 Å². The van der Waals surface area contributed by atoms with Gasteiger partial charge in [0.25, 0.3) is 5.91 Å². The van der Waals surface area contributed by atoms with Crippen molar-refractivity contribution >= 4 is 17.6 Å². The van der Waals surface area contributed by atoms with Crippen molar-refractivity contribution < 1.29 is 14.3 Å². The molecule has 1 aromatic rings. The lowest BCUT2D eigenvalue weighted by atomic mass is 9.93. The molecule has 2 N–H and O–H groups in total. The fourth-order valence-electron chi connectivity index (χ4n) is 2.51. The van der Waals surface area contributed by atoms with Crippen LogP contribution >= 0.6 is 0 Å². The fraction of sp³-hybridized carbons (Fsp3) is 0.467. The van der Waals surface area contributed by atoms with E-state index in [0.29, 0.717) is 12.5 Å². The first-order chi connectivity index (χ1) is 9.54. The first-order valence-corrected chi connectivity index (χ1v) is 6.86. The highest BCUT2D eigenvalue weighted by atomic mass is 16.5. The number of amides is 1. The predicted molar refractivity (Wildman–Crippen MR) is 76.3 cm³/mol. The molecule has 1 aromatic carbocycles. The second-order valence-corrected chi connectivity index (χ2v) is 5.12. The first kappa shape index (κ1) is 14.5. The Morgan fingerprint density at radius 1 is 1.45 bits per heavy atom. The van der Waals surface area contributed by atoms with Crippen molar-refractivity contribution in [1.29, 1.82) is 0 Å². The van der Waals surface area contributed by atoms with E-state index in [0.717, 1.165) is 17.7 Å². The molecular weight excluding hydrogens is 256 g/mol. The molecular formula is C15H20N2O3. The molecule has 2 rings (SSSR count). The Bertz CT molecular complexity index is 516. The number of hydrogen-bond donors (Lipinski definition) is 1. The molecule has 1 heterocycles. The Balaban J connectivity index is 2.24. The number of nitrogens with two attached hydrogens (primary N) is 1. The molecule has 1 amide bonds. The van der Waals surface area contributed by atoms with Gasteiger partial charge in [0.05, 0.1) is 6.61 Å². The molecule has 2 atom stereocenters. The van der Waals surface area contributed by atoms with Crippen LogP contribution in [0.5, 0.6) is 0 Å². The maximum Gasteiger partial charge on any atom is 0.332 e. The topological polar surface area (TPSA) is 72.6 Å². The lowest BCUT2D eigenvalue weighted by Crippen LogP contribution is -2.51. The van der Waals surface area contributed by atoms with Crippen LogP contribution in [0.3, 0.4) is 0 Å². The van der Waals surface area contributed by atoms with Crippen LogP contribution in [0.4, 0.5) is 5.69 Å². The van der Waals surface area contributed by atoms with Crippen LogP contribution in [0.25, 0.3) is 0 Å². The van der Waals surface area contributed by atoms with Crippen molar-refractivity contribution in [3.8, 4) is 0 Å². The van der Waals surface area contributed by atoms with Gasteiger partial charge >= 0.3 is 5.97 Å². The number of esters is 1. The van der Waals surface area contributed by atoms with Crippen LogP contribution in [-0.4, -0.2) is 31.1 Å². The molecule has 0 aliphatic carbocycles. The van der Waals surface area contributed by atoms with Gasteiger partial charge in [-0.3, -0.25) is 4.79 Å². The molecule has 0 fully saturated rings. The standard InChI is InChI=1S/C15H20N2O3/c1-3-20-15(19)13(16)14(18)17-9-10(2)8-11-6-4-5-7-12(11)17/h4-7,10,13H,3,8-9,16H2,1-2H3. The number of hydrogen-bond acceptors (Lipinski definition) is 4. The van der Waals surface area contributed by atoms with Crippen LogP contribution < -0.4 is 10.6 Å². The third-order valence-corrected chi connectivity index (χ3v) is 3.42. The molecule has 5 heteroatoms. The molecule has 5 nitrogen and oxygen atoms in total. The van der Waals surface area contributed by atoms with Gasteiger partial charge in [-0.25, -0.2) is 4.79 Å². The summed E-state index contributed by atoms with van der Waals surface area (Å²) in [5, 5.41) is 0. The summed E-state index contributed by atoms with van der Waals surface area (Å²) in [6, 6.07) is 6.46. The Labute approximate surface area is 118 Å². The van der Waals surface area contributed by atoms with Gasteiger partial charge in [-0.1, -0.05) is 25.1 Å². The lowest BCUT2D eigenvalue weighted by molar-refractivity contribution is -0.147. The fourth-order valence-corrected chi connectivity index (χ4v) is 2.51. The summed E-state index contributed by atoms with van der Waals surface area (Å²) in [5.41, 5.74) is 7.66. The quantitative estimate of drug-likeness (QED) is 0.663. The maximum atomic E-state index is 12.4. The zero-order valence-electron chi connectivity index (χ0n) is 11.8. The number of nitrogens with zero attached hydrogens (tertiary/aromatic N) is 1. The zero-order valence-corrected chi connectivity index (χ0v) is 11.8. The minimum Gasteiger partial charge on any atom is -0.464 e. The van der Waals surface area contributed by atoms with Crippen LogP contribution in [0.15, 0.2) is 24.3 Å². The zero-order chi connectivity index (χ0) is 14.7. The minimum atomic E-state index is -1.26. The van der Waals surface area contributed by atoms with Crippen molar-refractivity contribution in [2.75, 3.05) is 18.1 Å². The van der Waals surface area contributed by atoms with E-state index in [-0.39, 0.29) is 6.61 Å². The molecule has 108 valence electrons. The normalized spacial score (nSPS) is 19.1. The van der Waals surface area contributed by atoms with Crippen LogP contribution in [0, 0.1) is 5.92 Å². The van der Waals surface area contributed by atoms with Gasteiger partial charge < -0.3 is 15.4 Å². The van der Waals surface area contributed by atoms with Gasteiger partial charge in [0, 0.05) is 12.2 Å². The summed E-state index contributed by atoms with van der Waals surface area (Å²) < 4.78 is 4.82. The van der Waals surface area contributed by atoms with Gasteiger partial charge in [-0.15, -0.1) is 0 Å². The van der Waals surface area contributed by atoms with Crippen LogP contribution in [-0.2, 0) is 20.7 Å².